The first-order valence-electron chi connectivity index (χ1n) is 15.6. The van der Waals surface area contributed by atoms with Crippen LogP contribution in [0.2, 0.25) is 0 Å². The standard InChI is InChI=1S/C36H54O5/c1-12-25(8)29(37)36-31-27(20-28(41-31)33(9,10)40)30(38)35(32(36)39,19-17-24(6)7)21-26(16-15-23(4)5)34(36,11)18-13-14-22(2)3/h14-15,17,25-26,28,40H,12-13,16,18-21H2,1-11H3/t25-,26-,28+,34+,35+,36-/m0/s1. The van der Waals surface area contributed by atoms with Crippen LogP contribution in [0.1, 0.15) is 121 Å². The van der Waals surface area contributed by atoms with Crippen LogP contribution in [0.25, 0.3) is 0 Å². The Morgan fingerprint density at radius 2 is 1.63 bits per heavy atom. The molecule has 1 aliphatic heterocycles. The number of allylic oxidation sites excluding steroid dienone is 7. The lowest BCUT2D eigenvalue weighted by Crippen LogP contribution is -2.69. The number of Topliss-reactive ketones (excluding diaryl/α,β-unsaturated/α-hetero) is 3. The summed E-state index contributed by atoms with van der Waals surface area (Å²) in [6.45, 7) is 21.5. The zero-order chi connectivity index (χ0) is 31.1. The first-order valence-corrected chi connectivity index (χ1v) is 15.6. The highest BCUT2D eigenvalue weighted by Gasteiger charge is 2.77. The lowest BCUT2D eigenvalue weighted by atomic mass is 9.38. The maximum atomic E-state index is 15.4. The van der Waals surface area contributed by atoms with Crippen LogP contribution in [0.5, 0.6) is 0 Å². The molecule has 0 radical (unpaired) electrons. The second-order valence-electron chi connectivity index (χ2n) is 14.6. The molecule has 1 saturated carbocycles. The number of carbonyl (C=O) groups excluding carboxylic acids is 3. The largest absolute Gasteiger partial charge is 0.489 e. The maximum Gasteiger partial charge on any atom is 0.176 e. The molecule has 0 aromatic carbocycles. The molecule has 1 fully saturated rings. The molecule has 5 heteroatoms. The molecule has 1 N–H and O–H groups in total. The summed E-state index contributed by atoms with van der Waals surface area (Å²) in [5.41, 5.74) is -1.10. The Hall–Kier alpha value is -2.27. The van der Waals surface area contributed by atoms with Gasteiger partial charge in [0.1, 0.15) is 11.9 Å². The molecule has 2 bridgehead atoms. The fraction of sp³-hybridized carbons (Fsp3) is 0.694. The summed E-state index contributed by atoms with van der Waals surface area (Å²) in [5.74, 6) is -0.855. The van der Waals surface area contributed by atoms with Crippen molar-refractivity contribution in [3.05, 3.63) is 46.3 Å². The molecule has 0 aromatic rings. The van der Waals surface area contributed by atoms with E-state index in [1.165, 1.54) is 11.1 Å². The Labute approximate surface area is 248 Å². The fourth-order valence-corrected chi connectivity index (χ4v) is 7.43. The van der Waals surface area contributed by atoms with E-state index in [9.17, 15) is 14.7 Å². The van der Waals surface area contributed by atoms with Gasteiger partial charge in [-0.15, -0.1) is 0 Å². The molecule has 5 nitrogen and oxygen atoms in total. The number of ether oxygens (including phenoxy) is 1. The van der Waals surface area contributed by atoms with E-state index in [1.54, 1.807) is 13.8 Å². The number of hydrogen-bond acceptors (Lipinski definition) is 5. The van der Waals surface area contributed by atoms with Crippen LogP contribution in [-0.4, -0.2) is 34.2 Å². The SMILES string of the molecule is CC[C@H](C)C(=O)[C@]12C(=O)[C@](CC=C(C)C)(C[C@H](CC=C(C)C)[C@@]1(C)CCC=C(C)C)C(=O)C1=C2O[C@@H](C(C)(C)O)C1. The zero-order valence-corrected chi connectivity index (χ0v) is 27.5. The molecule has 0 spiro atoms. The van der Waals surface area contributed by atoms with Crippen LogP contribution in [0.4, 0.5) is 0 Å². The van der Waals surface area contributed by atoms with Gasteiger partial charge in [0.2, 0.25) is 0 Å². The third-order valence-electron chi connectivity index (χ3n) is 10.2. The van der Waals surface area contributed by atoms with Gasteiger partial charge in [0.25, 0.3) is 0 Å². The van der Waals surface area contributed by atoms with Gasteiger partial charge in [-0.05, 0) is 105 Å². The van der Waals surface area contributed by atoms with E-state index in [0.29, 0.717) is 31.3 Å². The smallest absolute Gasteiger partial charge is 0.176 e. The number of carbonyl (C=O) groups is 3. The molecule has 0 saturated heterocycles. The monoisotopic (exact) mass is 566 g/mol. The minimum atomic E-state index is -1.59. The highest BCUT2D eigenvalue weighted by molar-refractivity contribution is 6.28. The van der Waals surface area contributed by atoms with Crippen molar-refractivity contribution < 1.29 is 24.2 Å². The number of aliphatic hydroxyl groups is 1. The number of ketones is 3. The molecule has 228 valence electrons. The molecule has 0 unspecified atom stereocenters. The van der Waals surface area contributed by atoms with Crippen LogP contribution in [0.15, 0.2) is 46.3 Å². The molecule has 0 aromatic heterocycles. The van der Waals surface area contributed by atoms with E-state index in [4.69, 9.17) is 4.74 Å². The van der Waals surface area contributed by atoms with Gasteiger partial charge >= 0.3 is 0 Å². The summed E-state index contributed by atoms with van der Waals surface area (Å²) in [7, 11) is 0. The summed E-state index contributed by atoms with van der Waals surface area (Å²) >= 11 is 0. The Morgan fingerprint density at radius 3 is 2.15 bits per heavy atom. The second-order valence-corrected chi connectivity index (χ2v) is 14.6. The van der Waals surface area contributed by atoms with E-state index in [0.717, 1.165) is 12.0 Å². The van der Waals surface area contributed by atoms with Gasteiger partial charge in [-0.2, -0.15) is 0 Å². The molecule has 3 aliphatic rings. The van der Waals surface area contributed by atoms with Crippen molar-refractivity contribution in [2.45, 2.75) is 133 Å². The maximum absolute atomic E-state index is 15.4. The summed E-state index contributed by atoms with van der Waals surface area (Å²) in [5, 5.41) is 11.0. The second kappa shape index (κ2) is 11.8. The van der Waals surface area contributed by atoms with E-state index in [-0.39, 0.29) is 41.9 Å². The fourth-order valence-electron chi connectivity index (χ4n) is 7.43. The van der Waals surface area contributed by atoms with E-state index < -0.39 is 33.9 Å². The van der Waals surface area contributed by atoms with Crippen LogP contribution < -0.4 is 0 Å². The summed E-state index contributed by atoms with van der Waals surface area (Å²) in [6, 6.07) is 0. The van der Waals surface area contributed by atoms with Gasteiger partial charge in [-0.3, -0.25) is 14.4 Å². The van der Waals surface area contributed by atoms with Crippen LogP contribution in [0, 0.1) is 28.1 Å². The normalized spacial score (nSPS) is 31.7. The van der Waals surface area contributed by atoms with Crippen molar-refractivity contribution in [2.24, 2.45) is 28.1 Å². The molecular weight excluding hydrogens is 512 g/mol. The minimum absolute atomic E-state index is 0.0954. The van der Waals surface area contributed by atoms with Crippen molar-refractivity contribution >= 4 is 17.3 Å². The van der Waals surface area contributed by atoms with Gasteiger partial charge in [-0.1, -0.05) is 55.7 Å². The molecule has 0 amide bonds. The van der Waals surface area contributed by atoms with Crippen molar-refractivity contribution in [3.8, 4) is 0 Å². The predicted octanol–water partition coefficient (Wildman–Crippen LogP) is 8.03. The van der Waals surface area contributed by atoms with E-state index in [2.05, 4.69) is 46.8 Å². The summed E-state index contributed by atoms with van der Waals surface area (Å²) in [4.78, 5) is 45.0. The van der Waals surface area contributed by atoms with Crippen molar-refractivity contribution in [3.63, 3.8) is 0 Å². The lowest BCUT2D eigenvalue weighted by molar-refractivity contribution is -0.181. The van der Waals surface area contributed by atoms with Crippen molar-refractivity contribution in [1.82, 2.24) is 0 Å². The highest BCUT2D eigenvalue weighted by Crippen LogP contribution is 2.70. The number of rotatable bonds is 11. The van der Waals surface area contributed by atoms with Gasteiger partial charge < -0.3 is 9.84 Å². The van der Waals surface area contributed by atoms with Gasteiger partial charge in [0, 0.05) is 17.9 Å². The Morgan fingerprint density at radius 1 is 1.05 bits per heavy atom. The van der Waals surface area contributed by atoms with Crippen molar-refractivity contribution in [1.29, 1.82) is 0 Å². The highest BCUT2D eigenvalue weighted by atomic mass is 16.5. The van der Waals surface area contributed by atoms with Gasteiger partial charge in [0.15, 0.2) is 22.8 Å². The molecule has 2 aliphatic carbocycles. The Balaban J connectivity index is 2.48. The number of hydrogen-bond donors (Lipinski definition) is 1. The number of fused-ring (bicyclic) bond motifs is 3. The van der Waals surface area contributed by atoms with Crippen LogP contribution >= 0.6 is 0 Å². The first kappa shape index (κ1) is 33.2. The lowest BCUT2D eigenvalue weighted by Gasteiger charge is -2.61. The van der Waals surface area contributed by atoms with Gasteiger partial charge in [0.05, 0.1) is 11.0 Å². The Bertz CT molecular complexity index is 1190. The molecule has 41 heavy (non-hydrogen) atoms. The Kier molecular flexibility index (Phi) is 9.55. The minimum Gasteiger partial charge on any atom is -0.489 e. The third kappa shape index (κ3) is 5.48. The average Bonchev–Trinajstić information content (AvgIpc) is 3.32. The summed E-state index contributed by atoms with van der Waals surface area (Å²) in [6.07, 6.45) is 9.16. The predicted molar refractivity (Wildman–Crippen MR) is 165 cm³/mol. The topological polar surface area (TPSA) is 80.7 Å². The third-order valence-corrected chi connectivity index (χ3v) is 10.2. The van der Waals surface area contributed by atoms with Crippen LogP contribution in [-0.2, 0) is 19.1 Å². The zero-order valence-electron chi connectivity index (χ0n) is 27.5. The quantitative estimate of drug-likeness (QED) is 0.202. The molecule has 1 heterocycles. The van der Waals surface area contributed by atoms with Crippen LogP contribution in [0.3, 0.4) is 0 Å². The molecule has 6 atom stereocenters. The summed E-state index contributed by atoms with van der Waals surface area (Å²) < 4.78 is 6.56. The van der Waals surface area contributed by atoms with Gasteiger partial charge in [-0.25, -0.2) is 0 Å². The van der Waals surface area contributed by atoms with E-state index in [1.807, 2.05) is 33.8 Å². The molecule has 3 rings (SSSR count). The molecular formula is C36H54O5. The first-order chi connectivity index (χ1) is 18.9. The van der Waals surface area contributed by atoms with E-state index >= 15 is 4.79 Å². The average molecular weight is 567 g/mol. The van der Waals surface area contributed by atoms with Crippen molar-refractivity contribution in [2.75, 3.05) is 0 Å².